The summed E-state index contributed by atoms with van der Waals surface area (Å²) in [5, 5.41) is 4.32. The Kier molecular flexibility index (Phi) is 4.25. The van der Waals surface area contributed by atoms with E-state index in [-0.39, 0.29) is 0 Å². The number of nitrogens with one attached hydrogen (secondary N) is 1. The SMILES string of the molecule is Cc1nn(C)c(C)c1CCNS(=O)(=O)c1ccccc1. The Morgan fingerprint density at radius 1 is 1.20 bits per heavy atom. The van der Waals surface area contributed by atoms with Crippen LogP contribution in [0.1, 0.15) is 17.0 Å². The van der Waals surface area contributed by atoms with E-state index in [1.54, 1.807) is 30.3 Å². The van der Waals surface area contributed by atoms with Crippen LogP contribution in [0.3, 0.4) is 0 Å². The van der Waals surface area contributed by atoms with E-state index in [1.165, 1.54) is 0 Å². The molecular formula is C14H19N3O2S. The summed E-state index contributed by atoms with van der Waals surface area (Å²) in [6, 6.07) is 8.39. The third kappa shape index (κ3) is 3.08. The fraction of sp³-hybridized carbons (Fsp3) is 0.357. The summed E-state index contributed by atoms with van der Waals surface area (Å²) in [5.74, 6) is 0. The van der Waals surface area contributed by atoms with Gasteiger partial charge in [0.05, 0.1) is 10.6 Å². The predicted octanol–water partition coefficient (Wildman–Crippen LogP) is 1.56. The van der Waals surface area contributed by atoms with Crippen LogP contribution in [0.4, 0.5) is 0 Å². The fourth-order valence-corrected chi connectivity index (χ4v) is 3.23. The molecule has 0 amide bonds. The van der Waals surface area contributed by atoms with Crippen molar-refractivity contribution in [1.29, 1.82) is 0 Å². The molecule has 0 unspecified atom stereocenters. The average Bonchev–Trinajstić information content (AvgIpc) is 2.66. The van der Waals surface area contributed by atoms with E-state index in [0.29, 0.717) is 17.9 Å². The zero-order chi connectivity index (χ0) is 14.8. The van der Waals surface area contributed by atoms with E-state index in [1.807, 2.05) is 25.6 Å². The van der Waals surface area contributed by atoms with Crippen LogP contribution in [0.15, 0.2) is 35.2 Å². The summed E-state index contributed by atoms with van der Waals surface area (Å²) in [5.41, 5.74) is 3.12. The highest BCUT2D eigenvalue weighted by atomic mass is 32.2. The molecule has 2 rings (SSSR count). The Labute approximate surface area is 119 Å². The van der Waals surface area contributed by atoms with Crippen molar-refractivity contribution in [2.45, 2.75) is 25.2 Å². The summed E-state index contributed by atoms with van der Waals surface area (Å²) < 4.78 is 28.6. The first kappa shape index (κ1) is 14.7. The highest BCUT2D eigenvalue weighted by Crippen LogP contribution is 2.13. The minimum atomic E-state index is -3.43. The van der Waals surface area contributed by atoms with Crippen LogP contribution in [0.25, 0.3) is 0 Å². The van der Waals surface area contributed by atoms with Gasteiger partial charge < -0.3 is 0 Å². The van der Waals surface area contributed by atoms with E-state index in [4.69, 9.17) is 0 Å². The lowest BCUT2D eigenvalue weighted by molar-refractivity contribution is 0.581. The largest absolute Gasteiger partial charge is 0.272 e. The molecule has 0 saturated carbocycles. The van der Waals surface area contributed by atoms with Gasteiger partial charge in [0.2, 0.25) is 10.0 Å². The van der Waals surface area contributed by atoms with E-state index in [2.05, 4.69) is 9.82 Å². The molecule has 0 bridgehead atoms. The molecule has 0 radical (unpaired) electrons. The third-order valence-electron chi connectivity index (χ3n) is 3.38. The van der Waals surface area contributed by atoms with Gasteiger partial charge in [-0.2, -0.15) is 5.10 Å². The van der Waals surface area contributed by atoms with Crippen molar-refractivity contribution in [3.8, 4) is 0 Å². The first-order valence-electron chi connectivity index (χ1n) is 6.45. The topological polar surface area (TPSA) is 64.0 Å². The molecule has 0 aliphatic heterocycles. The first-order valence-corrected chi connectivity index (χ1v) is 7.94. The molecule has 0 aliphatic carbocycles. The minimum Gasteiger partial charge on any atom is -0.272 e. The second-order valence-corrected chi connectivity index (χ2v) is 6.50. The Bertz CT molecular complexity index is 691. The molecule has 0 fully saturated rings. The normalized spacial score (nSPS) is 11.8. The van der Waals surface area contributed by atoms with Crippen molar-refractivity contribution >= 4 is 10.0 Å². The van der Waals surface area contributed by atoms with Gasteiger partial charge in [-0.05, 0) is 38.0 Å². The molecule has 20 heavy (non-hydrogen) atoms. The van der Waals surface area contributed by atoms with Gasteiger partial charge in [0.1, 0.15) is 0 Å². The summed E-state index contributed by atoms with van der Waals surface area (Å²) in [7, 11) is -1.54. The fourth-order valence-electron chi connectivity index (χ4n) is 2.17. The number of nitrogens with zero attached hydrogens (tertiary/aromatic N) is 2. The van der Waals surface area contributed by atoms with Crippen LogP contribution in [-0.4, -0.2) is 24.7 Å². The van der Waals surface area contributed by atoms with Gasteiger partial charge in [-0.1, -0.05) is 18.2 Å². The van der Waals surface area contributed by atoms with Crippen molar-refractivity contribution in [3.05, 3.63) is 47.3 Å². The third-order valence-corrected chi connectivity index (χ3v) is 4.86. The van der Waals surface area contributed by atoms with Gasteiger partial charge in [0.25, 0.3) is 0 Å². The number of rotatable bonds is 5. The molecule has 0 aliphatic rings. The number of benzene rings is 1. The van der Waals surface area contributed by atoms with E-state index in [9.17, 15) is 8.42 Å². The van der Waals surface area contributed by atoms with Crippen LogP contribution in [-0.2, 0) is 23.5 Å². The lowest BCUT2D eigenvalue weighted by Gasteiger charge is -2.07. The highest BCUT2D eigenvalue weighted by molar-refractivity contribution is 7.89. The average molecular weight is 293 g/mol. The summed E-state index contributed by atoms with van der Waals surface area (Å²) in [6.07, 6.45) is 0.636. The molecule has 0 spiro atoms. The maximum absolute atomic E-state index is 12.1. The van der Waals surface area contributed by atoms with Crippen LogP contribution >= 0.6 is 0 Å². The molecule has 1 heterocycles. The molecule has 1 N–H and O–H groups in total. The highest BCUT2D eigenvalue weighted by Gasteiger charge is 2.14. The minimum absolute atomic E-state index is 0.291. The van der Waals surface area contributed by atoms with Crippen molar-refractivity contribution in [1.82, 2.24) is 14.5 Å². The smallest absolute Gasteiger partial charge is 0.240 e. The summed E-state index contributed by atoms with van der Waals surface area (Å²) in [6.45, 7) is 4.29. The maximum Gasteiger partial charge on any atom is 0.240 e. The molecular weight excluding hydrogens is 274 g/mol. The van der Waals surface area contributed by atoms with E-state index in [0.717, 1.165) is 17.0 Å². The van der Waals surface area contributed by atoms with Gasteiger partial charge in [0, 0.05) is 19.3 Å². The van der Waals surface area contributed by atoms with E-state index >= 15 is 0 Å². The van der Waals surface area contributed by atoms with Crippen molar-refractivity contribution in [3.63, 3.8) is 0 Å². The number of aromatic nitrogens is 2. The summed E-state index contributed by atoms with van der Waals surface area (Å²) >= 11 is 0. The maximum atomic E-state index is 12.1. The van der Waals surface area contributed by atoms with Crippen molar-refractivity contribution < 1.29 is 8.42 Å². The van der Waals surface area contributed by atoms with Crippen LogP contribution in [0.2, 0.25) is 0 Å². The van der Waals surface area contributed by atoms with Crippen LogP contribution in [0.5, 0.6) is 0 Å². The van der Waals surface area contributed by atoms with Gasteiger partial charge in [-0.3, -0.25) is 4.68 Å². The van der Waals surface area contributed by atoms with Crippen molar-refractivity contribution in [2.75, 3.05) is 6.54 Å². The Morgan fingerprint density at radius 3 is 2.40 bits per heavy atom. The van der Waals surface area contributed by atoms with Gasteiger partial charge in [0.15, 0.2) is 0 Å². The van der Waals surface area contributed by atoms with Gasteiger partial charge in [-0.25, -0.2) is 13.1 Å². The molecule has 2 aromatic rings. The Morgan fingerprint density at radius 2 is 1.85 bits per heavy atom. The molecule has 5 nitrogen and oxygen atoms in total. The molecule has 6 heteroatoms. The molecule has 0 saturated heterocycles. The lowest BCUT2D eigenvalue weighted by atomic mass is 10.1. The van der Waals surface area contributed by atoms with Gasteiger partial charge in [-0.15, -0.1) is 0 Å². The monoisotopic (exact) mass is 293 g/mol. The number of hydrogen-bond donors (Lipinski definition) is 1. The Balaban J connectivity index is 2.03. The second kappa shape index (κ2) is 5.76. The van der Waals surface area contributed by atoms with E-state index < -0.39 is 10.0 Å². The van der Waals surface area contributed by atoms with Gasteiger partial charge >= 0.3 is 0 Å². The molecule has 1 aromatic heterocycles. The number of hydrogen-bond acceptors (Lipinski definition) is 3. The second-order valence-electron chi connectivity index (χ2n) is 4.73. The lowest BCUT2D eigenvalue weighted by Crippen LogP contribution is -2.26. The molecule has 108 valence electrons. The number of aryl methyl sites for hydroxylation is 2. The quantitative estimate of drug-likeness (QED) is 0.910. The Hall–Kier alpha value is -1.66. The standard InChI is InChI=1S/C14H19N3O2S/c1-11-14(12(2)17(3)16-11)9-10-15-20(18,19)13-7-5-4-6-8-13/h4-8,15H,9-10H2,1-3H3. The zero-order valence-electron chi connectivity index (χ0n) is 11.9. The van der Waals surface area contributed by atoms with Crippen LogP contribution in [0, 0.1) is 13.8 Å². The first-order chi connectivity index (χ1) is 9.42. The predicted molar refractivity (Wildman–Crippen MR) is 78.0 cm³/mol. The van der Waals surface area contributed by atoms with Crippen molar-refractivity contribution in [2.24, 2.45) is 7.05 Å². The van der Waals surface area contributed by atoms with Crippen LogP contribution < -0.4 is 4.72 Å². The number of sulfonamides is 1. The zero-order valence-corrected chi connectivity index (χ0v) is 12.7. The molecule has 0 atom stereocenters. The summed E-state index contributed by atoms with van der Waals surface area (Å²) in [4.78, 5) is 0.291. The molecule has 1 aromatic carbocycles.